The zero-order chi connectivity index (χ0) is 21.5. The van der Waals surface area contributed by atoms with Crippen LogP contribution in [0.1, 0.15) is 0 Å². The minimum atomic E-state index is -3.25. The molecule has 6 nitrogen and oxygen atoms in total. The molecule has 4 rings (SSSR count). The minimum Gasteiger partial charge on any atom is -0.325 e. The Morgan fingerprint density at radius 2 is 2.10 bits per heavy atom. The summed E-state index contributed by atoms with van der Waals surface area (Å²) >= 11 is 10.3. The lowest BCUT2D eigenvalue weighted by molar-refractivity contribution is -0.113. The highest BCUT2D eigenvalue weighted by atomic mass is 79.9. The van der Waals surface area contributed by atoms with Gasteiger partial charge in [0.1, 0.15) is 5.82 Å². The number of amides is 1. The van der Waals surface area contributed by atoms with Crippen LogP contribution < -0.4 is 10.2 Å². The number of benzene rings is 2. The zero-order valence-electron chi connectivity index (χ0n) is 15.4. The summed E-state index contributed by atoms with van der Waals surface area (Å²) in [6, 6.07) is 10.4. The van der Waals surface area contributed by atoms with Gasteiger partial charge in [-0.05, 0) is 36.4 Å². The maximum absolute atomic E-state index is 14.7. The van der Waals surface area contributed by atoms with Gasteiger partial charge in [0, 0.05) is 15.2 Å². The van der Waals surface area contributed by atoms with Crippen molar-refractivity contribution in [1.29, 1.82) is 0 Å². The molecule has 1 fully saturated rings. The Bertz CT molecular complexity index is 1150. The topological polar surface area (TPSA) is 78.8 Å². The van der Waals surface area contributed by atoms with Gasteiger partial charge < -0.3 is 10.2 Å². The standard InChI is InChI=1S/C19H16BrClFN3O3S2/c20-11-4-5-16(14(22)6-11)25-17-10-30(27,28)9-15(17)24-19(25)29-8-18(26)23-13-3-1-2-12(21)7-13/h1-7,15,17H,8-10H2,(H,23,26). The van der Waals surface area contributed by atoms with E-state index in [1.54, 1.807) is 41.3 Å². The first-order valence-corrected chi connectivity index (χ1v) is 12.9. The van der Waals surface area contributed by atoms with Crippen molar-refractivity contribution in [3.05, 3.63) is 57.8 Å². The molecular weight excluding hydrogens is 517 g/mol. The first-order valence-electron chi connectivity index (χ1n) is 8.92. The normalized spacial score (nSPS) is 22.0. The predicted molar refractivity (Wildman–Crippen MR) is 123 cm³/mol. The number of aliphatic imine (C=N–C) groups is 1. The number of nitrogens with zero attached hydrogens (tertiary/aromatic N) is 2. The van der Waals surface area contributed by atoms with E-state index in [1.165, 1.54) is 6.07 Å². The van der Waals surface area contributed by atoms with Crippen LogP contribution in [0.25, 0.3) is 0 Å². The number of hydrogen-bond donors (Lipinski definition) is 1. The van der Waals surface area contributed by atoms with Crippen LogP contribution in [0.4, 0.5) is 15.8 Å². The molecule has 11 heteroatoms. The van der Waals surface area contributed by atoms with E-state index in [4.69, 9.17) is 11.6 Å². The number of hydrogen-bond acceptors (Lipinski definition) is 6. The van der Waals surface area contributed by atoms with Crippen molar-refractivity contribution in [1.82, 2.24) is 0 Å². The van der Waals surface area contributed by atoms with E-state index in [1.807, 2.05) is 0 Å². The number of thioether (sulfide) groups is 1. The molecule has 2 aromatic rings. The molecule has 158 valence electrons. The second-order valence-corrected chi connectivity index (χ2v) is 11.4. The zero-order valence-corrected chi connectivity index (χ0v) is 19.4. The molecule has 30 heavy (non-hydrogen) atoms. The number of fused-ring (bicyclic) bond motifs is 1. The third kappa shape index (κ3) is 4.66. The van der Waals surface area contributed by atoms with Gasteiger partial charge in [0.15, 0.2) is 15.0 Å². The molecule has 2 aliphatic rings. The van der Waals surface area contributed by atoms with Crippen molar-refractivity contribution in [3.8, 4) is 0 Å². The van der Waals surface area contributed by atoms with Gasteiger partial charge in [0.25, 0.3) is 0 Å². The number of anilines is 2. The molecule has 2 aliphatic heterocycles. The molecule has 2 aromatic carbocycles. The fourth-order valence-electron chi connectivity index (χ4n) is 3.48. The second kappa shape index (κ2) is 8.49. The third-order valence-corrected chi connectivity index (χ3v) is 8.11. The summed E-state index contributed by atoms with van der Waals surface area (Å²) in [6.45, 7) is 0. The van der Waals surface area contributed by atoms with Crippen LogP contribution in [0, 0.1) is 5.82 Å². The van der Waals surface area contributed by atoms with Gasteiger partial charge in [-0.25, -0.2) is 12.8 Å². The number of carbonyl (C=O) groups excluding carboxylic acids is 1. The van der Waals surface area contributed by atoms with E-state index in [2.05, 4.69) is 26.2 Å². The summed E-state index contributed by atoms with van der Waals surface area (Å²) < 4.78 is 39.4. The Kier molecular flexibility index (Phi) is 6.11. The molecule has 0 spiro atoms. The fraction of sp³-hybridized carbons (Fsp3) is 0.263. The highest BCUT2D eigenvalue weighted by Crippen LogP contribution is 2.37. The Morgan fingerprint density at radius 1 is 1.30 bits per heavy atom. The first kappa shape index (κ1) is 21.6. The molecule has 1 saturated heterocycles. The highest BCUT2D eigenvalue weighted by molar-refractivity contribution is 9.10. The molecule has 1 amide bonds. The fourth-order valence-corrected chi connectivity index (χ4v) is 6.77. The van der Waals surface area contributed by atoms with E-state index in [9.17, 15) is 17.6 Å². The average molecular weight is 533 g/mol. The van der Waals surface area contributed by atoms with Crippen molar-refractivity contribution < 1.29 is 17.6 Å². The summed E-state index contributed by atoms with van der Waals surface area (Å²) in [7, 11) is -3.25. The van der Waals surface area contributed by atoms with Crippen LogP contribution in [0.2, 0.25) is 5.02 Å². The summed E-state index contributed by atoms with van der Waals surface area (Å²) in [4.78, 5) is 18.5. The van der Waals surface area contributed by atoms with E-state index in [0.717, 1.165) is 11.8 Å². The van der Waals surface area contributed by atoms with Gasteiger partial charge in [-0.2, -0.15) is 0 Å². The van der Waals surface area contributed by atoms with Gasteiger partial charge in [-0.1, -0.05) is 45.4 Å². The number of carbonyl (C=O) groups is 1. The lowest BCUT2D eigenvalue weighted by Crippen LogP contribution is -2.40. The molecule has 2 atom stereocenters. The molecule has 0 aliphatic carbocycles. The quantitative estimate of drug-likeness (QED) is 0.645. The van der Waals surface area contributed by atoms with E-state index < -0.39 is 27.7 Å². The highest BCUT2D eigenvalue weighted by Gasteiger charge is 2.47. The van der Waals surface area contributed by atoms with Crippen molar-refractivity contribution in [2.24, 2.45) is 4.99 Å². The third-order valence-electron chi connectivity index (χ3n) is 4.72. The van der Waals surface area contributed by atoms with Gasteiger partial charge in [-0.15, -0.1) is 0 Å². The number of nitrogens with one attached hydrogen (secondary N) is 1. The van der Waals surface area contributed by atoms with Crippen LogP contribution in [0.3, 0.4) is 0 Å². The Labute approximate surface area is 190 Å². The van der Waals surface area contributed by atoms with Gasteiger partial charge in [0.2, 0.25) is 5.91 Å². The largest absolute Gasteiger partial charge is 0.325 e. The van der Waals surface area contributed by atoms with E-state index in [0.29, 0.717) is 20.4 Å². The van der Waals surface area contributed by atoms with Crippen LogP contribution in [0.15, 0.2) is 51.9 Å². The molecule has 0 radical (unpaired) electrons. The van der Waals surface area contributed by atoms with Crippen LogP contribution in [0.5, 0.6) is 0 Å². The summed E-state index contributed by atoms with van der Waals surface area (Å²) in [5, 5.41) is 3.69. The molecule has 0 aromatic heterocycles. The summed E-state index contributed by atoms with van der Waals surface area (Å²) in [5.41, 5.74) is 0.810. The van der Waals surface area contributed by atoms with E-state index >= 15 is 0 Å². The van der Waals surface area contributed by atoms with Crippen LogP contribution >= 0.6 is 39.3 Å². The maximum Gasteiger partial charge on any atom is 0.234 e. The lowest BCUT2D eigenvalue weighted by Gasteiger charge is -2.26. The number of amidine groups is 1. The summed E-state index contributed by atoms with van der Waals surface area (Å²) in [5.74, 6) is -0.913. The monoisotopic (exact) mass is 531 g/mol. The average Bonchev–Trinajstić information content (AvgIpc) is 3.11. The SMILES string of the molecule is O=C(CSC1=NC2CS(=O)(=O)CC2N1c1ccc(Br)cc1F)Nc1cccc(Cl)c1. The van der Waals surface area contributed by atoms with Crippen molar-refractivity contribution in [2.45, 2.75) is 12.1 Å². The predicted octanol–water partition coefficient (Wildman–Crippen LogP) is 3.96. The minimum absolute atomic E-state index is 0.0339. The van der Waals surface area contributed by atoms with E-state index in [-0.39, 0.29) is 28.9 Å². The molecular formula is C19H16BrClFN3O3S2. The number of sulfone groups is 1. The second-order valence-electron chi connectivity index (χ2n) is 6.94. The molecule has 2 unspecified atom stereocenters. The van der Waals surface area contributed by atoms with Crippen LogP contribution in [-0.4, -0.2) is 48.8 Å². The molecule has 1 N–H and O–H groups in total. The molecule has 2 heterocycles. The van der Waals surface area contributed by atoms with Gasteiger partial charge in [0.05, 0.1) is 35.0 Å². The summed E-state index contributed by atoms with van der Waals surface area (Å²) in [6.07, 6.45) is 0. The molecule has 0 bridgehead atoms. The van der Waals surface area contributed by atoms with Crippen molar-refractivity contribution in [2.75, 3.05) is 27.5 Å². The smallest absolute Gasteiger partial charge is 0.234 e. The Morgan fingerprint density at radius 3 is 2.83 bits per heavy atom. The van der Waals surface area contributed by atoms with Crippen LogP contribution in [-0.2, 0) is 14.6 Å². The Hall–Kier alpha value is -1.62. The number of halogens is 3. The maximum atomic E-state index is 14.7. The van der Waals surface area contributed by atoms with Gasteiger partial charge in [-0.3, -0.25) is 9.79 Å². The lowest BCUT2D eigenvalue weighted by atomic mass is 10.1. The van der Waals surface area contributed by atoms with Crippen molar-refractivity contribution in [3.63, 3.8) is 0 Å². The van der Waals surface area contributed by atoms with Gasteiger partial charge >= 0.3 is 0 Å². The number of rotatable bonds is 4. The first-order chi connectivity index (χ1) is 14.2. The molecule has 0 saturated carbocycles. The Balaban J connectivity index is 1.53. The van der Waals surface area contributed by atoms with Crippen molar-refractivity contribution >= 4 is 71.6 Å².